The van der Waals surface area contributed by atoms with Gasteiger partial charge in [0.05, 0.1) is 23.9 Å². The number of aryl methyl sites for hydroxylation is 1. The van der Waals surface area contributed by atoms with Crippen molar-refractivity contribution in [2.75, 3.05) is 6.61 Å². The Hall–Kier alpha value is -3.61. The van der Waals surface area contributed by atoms with Crippen molar-refractivity contribution in [1.29, 1.82) is 0 Å². The minimum absolute atomic E-state index is 0.157. The summed E-state index contributed by atoms with van der Waals surface area (Å²) in [4.78, 5) is 39.3. The van der Waals surface area contributed by atoms with Crippen molar-refractivity contribution in [2.45, 2.75) is 25.9 Å². The molecule has 4 aromatic rings. The second kappa shape index (κ2) is 8.18. The summed E-state index contributed by atoms with van der Waals surface area (Å²) in [6.07, 6.45) is 2.60. The zero-order valence-electron chi connectivity index (χ0n) is 15.8. The summed E-state index contributed by atoms with van der Waals surface area (Å²) in [6.45, 7) is 0.884. The average molecular weight is 391 g/mol. The average Bonchev–Trinajstić information content (AvgIpc) is 3.15. The zero-order chi connectivity index (χ0) is 20.2. The maximum absolute atomic E-state index is 12.5. The van der Waals surface area contributed by atoms with Gasteiger partial charge in [-0.25, -0.2) is 4.79 Å². The molecule has 7 nitrogen and oxygen atoms in total. The third-order valence-corrected chi connectivity index (χ3v) is 4.92. The smallest absolute Gasteiger partial charge is 0.328 e. The highest BCUT2D eigenvalue weighted by atomic mass is 16.5. The number of ether oxygens (including phenoxy) is 1. The number of carbonyl (C=O) groups is 1. The van der Waals surface area contributed by atoms with Crippen LogP contribution in [0.4, 0.5) is 0 Å². The van der Waals surface area contributed by atoms with Crippen LogP contribution in [0.15, 0.2) is 70.4 Å². The molecule has 0 spiro atoms. The summed E-state index contributed by atoms with van der Waals surface area (Å²) >= 11 is 0. The van der Waals surface area contributed by atoms with Crippen LogP contribution in [0.5, 0.6) is 0 Å². The largest absolute Gasteiger partial charge is 0.466 e. The molecule has 0 saturated carbocycles. The van der Waals surface area contributed by atoms with Crippen molar-refractivity contribution in [3.63, 3.8) is 0 Å². The topological polar surface area (TPSA) is 86.1 Å². The molecule has 0 fully saturated rings. The SMILES string of the molecule is O=C(CCn1ccc2ccccc21)OCCCn1c(=O)[nH]c2ccccc2c1=O. The lowest BCUT2D eigenvalue weighted by molar-refractivity contribution is -0.144. The van der Waals surface area contributed by atoms with Gasteiger partial charge in [0, 0.05) is 24.8 Å². The molecule has 2 aromatic carbocycles. The first-order chi connectivity index (χ1) is 14.1. The highest BCUT2D eigenvalue weighted by molar-refractivity contribution is 5.80. The van der Waals surface area contributed by atoms with Crippen LogP contribution < -0.4 is 11.2 Å². The van der Waals surface area contributed by atoms with Crippen molar-refractivity contribution in [3.8, 4) is 0 Å². The quantitative estimate of drug-likeness (QED) is 0.388. The molecule has 0 radical (unpaired) electrons. The molecule has 29 heavy (non-hydrogen) atoms. The Labute approximate surface area is 166 Å². The minimum atomic E-state index is -0.459. The normalized spacial score (nSPS) is 11.2. The Balaban J connectivity index is 1.29. The van der Waals surface area contributed by atoms with Gasteiger partial charge in [-0.05, 0) is 36.1 Å². The van der Waals surface area contributed by atoms with Crippen molar-refractivity contribution >= 4 is 27.8 Å². The van der Waals surface area contributed by atoms with E-state index >= 15 is 0 Å². The van der Waals surface area contributed by atoms with E-state index in [9.17, 15) is 14.4 Å². The van der Waals surface area contributed by atoms with Crippen LogP contribution in [0, 0.1) is 0 Å². The van der Waals surface area contributed by atoms with Gasteiger partial charge >= 0.3 is 11.7 Å². The van der Waals surface area contributed by atoms with Crippen molar-refractivity contribution in [3.05, 3.63) is 81.6 Å². The molecule has 0 unspecified atom stereocenters. The van der Waals surface area contributed by atoms with E-state index in [0.717, 1.165) is 15.5 Å². The van der Waals surface area contributed by atoms with Crippen LogP contribution in [0.3, 0.4) is 0 Å². The zero-order valence-corrected chi connectivity index (χ0v) is 15.8. The van der Waals surface area contributed by atoms with Crippen LogP contribution in [-0.2, 0) is 22.6 Å². The second-order valence-electron chi connectivity index (χ2n) is 6.82. The maximum atomic E-state index is 12.5. The summed E-state index contributed by atoms with van der Waals surface area (Å²) in [5.41, 5.74) is 0.799. The number of aromatic amines is 1. The molecule has 0 aliphatic heterocycles. The fraction of sp³-hybridized carbons (Fsp3) is 0.227. The van der Waals surface area contributed by atoms with Gasteiger partial charge in [0.25, 0.3) is 5.56 Å². The number of rotatable bonds is 7. The molecule has 4 rings (SSSR count). The van der Waals surface area contributed by atoms with E-state index in [4.69, 9.17) is 4.74 Å². The van der Waals surface area contributed by atoms with Gasteiger partial charge in [-0.3, -0.25) is 14.2 Å². The molecule has 2 aromatic heterocycles. The summed E-state index contributed by atoms with van der Waals surface area (Å²) in [5, 5.41) is 1.59. The lowest BCUT2D eigenvalue weighted by Crippen LogP contribution is -2.35. The number of carbonyl (C=O) groups excluding carboxylic acids is 1. The number of nitrogens with zero attached hydrogens (tertiary/aromatic N) is 2. The number of fused-ring (bicyclic) bond motifs is 2. The molecule has 0 atom stereocenters. The van der Waals surface area contributed by atoms with E-state index in [0.29, 0.717) is 23.9 Å². The molecule has 1 N–H and O–H groups in total. The predicted octanol–water partition coefficient (Wildman–Crippen LogP) is 2.67. The number of hydrogen-bond acceptors (Lipinski definition) is 4. The highest BCUT2D eigenvalue weighted by Gasteiger charge is 2.08. The number of aromatic nitrogens is 3. The lowest BCUT2D eigenvalue weighted by Gasteiger charge is -2.08. The number of esters is 1. The van der Waals surface area contributed by atoms with E-state index in [2.05, 4.69) is 4.98 Å². The van der Waals surface area contributed by atoms with Gasteiger partial charge in [-0.2, -0.15) is 0 Å². The minimum Gasteiger partial charge on any atom is -0.466 e. The molecule has 0 aliphatic rings. The molecule has 7 heteroatoms. The molecular formula is C22H21N3O4. The fourth-order valence-electron chi connectivity index (χ4n) is 3.43. The van der Waals surface area contributed by atoms with Gasteiger partial charge in [0.2, 0.25) is 0 Å². The Morgan fingerprint density at radius 1 is 0.966 bits per heavy atom. The molecule has 0 aliphatic carbocycles. The van der Waals surface area contributed by atoms with E-state index in [1.807, 2.05) is 41.1 Å². The number of benzene rings is 2. The van der Waals surface area contributed by atoms with Crippen molar-refractivity contribution < 1.29 is 9.53 Å². The summed E-state index contributed by atoms with van der Waals surface area (Å²) in [5.74, 6) is -0.303. The molecule has 0 bridgehead atoms. The van der Waals surface area contributed by atoms with Crippen LogP contribution in [0.2, 0.25) is 0 Å². The fourth-order valence-corrected chi connectivity index (χ4v) is 3.43. The summed E-state index contributed by atoms with van der Waals surface area (Å²) in [6, 6.07) is 16.9. The molecule has 2 heterocycles. The number of H-pyrrole nitrogens is 1. The molecule has 0 amide bonds. The predicted molar refractivity (Wildman–Crippen MR) is 111 cm³/mol. The van der Waals surface area contributed by atoms with Crippen LogP contribution in [0.25, 0.3) is 21.8 Å². The Morgan fingerprint density at radius 3 is 2.66 bits per heavy atom. The van der Waals surface area contributed by atoms with Crippen LogP contribution in [-0.4, -0.2) is 26.7 Å². The Bertz CT molecular complexity index is 1280. The highest BCUT2D eigenvalue weighted by Crippen LogP contribution is 2.15. The van der Waals surface area contributed by atoms with Gasteiger partial charge in [0.1, 0.15) is 0 Å². The van der Waals surface area contributed by atoms with Gasteiger partial charge in [-0.1, -0.05) is 30.3 Å². The van der Waals surface area contributed by atoms with E-state index in [-0.39, 0.29) is 31.1 Å². The first kappa shape index (κ1) is 18.7. The Morgan fingerprint density at radius 2 is 1.76 bits per heavy atom. The Kier molecular flexibility index (Phi) is 5.29. The summed E-state index contributed by atoms with van der Waals surface area (Å²) in [7, 11) is 0. The monoisotopic (exact) mass is 391 g/mol. The molecular weight excluding hydrogens is 370 g/mol. The number of para-hydroxylation sites is 2. The number of hydrogen-bond donors (Lipinski definition) is 1. The third kappa shape index (κ3) is 3.99. The first-order valence-electron chi connectivity index (χ1n) is 9.55. The third-order valence-electron chi connectivity index (χ3n) is 4.92. The standard InChI is InChI=1S/C22H21N3O4/c26-20(11-14-24-13-10-16-6-1-4-9-19(16)24)29-15-5-12-25-21(27)17-7-2-3-8-18(17)23-22(25)28/h1-4,6-10,13H,5,11-12,14-15H2,(H,23,28). The van der Waals surface area contributed by atoms with Gasteiger partial charge in [0.15, 0.2) is 0 Å². The van der Waals surface area contributed by atoms with Gasteiger partial charge < -0.3 is 14.3 Å². The van der Waals surface area contributed by atoms with Gasteiger partial charge in [-0.15, -0.1) is 0 Å². The van der Waals surface area contributed by atoms with E-state index in [1.165, 1.54) is 0 Å². The van der Waals surface area contributed by atoms with Crippen LogP contribution in [0.1, 0.15) is 12.8 Å². The summed E-state index contributed by atoms with van der Waals surface area (Å²) < 4.78 is 8.42. The van der Waals surface area contributed by atoms with Crippen LogP contribution >= 0.6 is 0 Å². The molecule has 148 valence electrons. The van der Waals surface area contributed by atoms with E-state index in [1.54, 1.807) is 24.3 Å². The second-order valence-corrected chi connectivity index (χ2v) is 6.82. The first-order valence-corrected chi connectivity index (χ1v) is 9.55. The van der Waals surface area contributed by atoms with E-state index < -0.39 is 5.69 Å². The molecule has 0 saturated heterocycles. The maximum Gasteiger partial charge on any atom is 0.328 e. The lowest BCUT2D eigenvalue weighted by atomic mass is 10.2. The van der Waals surface area contributed by atoms with Crippen molar-refractivity contribution in [1.82, 2.24) is 14.1 Å². The number of nitrogens with one attached hydrogen (secondary N) is 1. The van der Waals surface area contributed by atoms with Crippen molar-refractivity contribution in [2.24, 2.45) is 0 Å².